The molecule has 1 aromatic carbocycles. The molecule has 1 aromatic heterocycles. The number of nitrogens with zero attached hydrogens (tertiary/aromatic N) is 2. The summed E-state index contributed by atoms with van der Waals surface area (Å²) in [6, 6.07) is 4.34. The Labute approximate surface area is 107 Å². The van der Waals surface area contributed by atoms with Crippen molar-refractivity contribution in [3.63, 3.8) is 0 Å². The largest absolute Gasteiger partial charge is 0.396 e. The molecule has 0 spiro atoms. The van der Waals surface area contributed by atoms with Crippen LogP contribution < -0.4 is 11.1 Å². The van der Waals surface area contributed by atoms with Gasteiger partial charge in [0, 0.05) is 7.05 Å². The van der Waals surface area contributed by atoms with Gasteiger partial charge in [-0.3, -0.25) is 9.48 Å². The van der Waals surface area contributed by atoms with Crippen LogP contribution in [0.1, 0.15) is 10.5 Å². The minimum Gasteiger partial charge on any atom is -0.396 e. The van der Waals surface area contributed by atoms with Gasteiger partial charge in [-0.05, 0) is 12.1 Å². The Kier molecular flexibility index (Phi) is 3.20. The van der Waals surface area contributed by atoms with E-state index in [-0.39, 0.29) is 22.1 Å². The van der Waals surface area contributed by atoms with Crippen molar-refractivity contribution in [2.24, 2.45) is 7.05 Å². The molecule has 18 heavy (non-hydrogen) atoms. The molecule has 94 valence electrons. The fourth-order valence-electron chi connectivity index (χ4n) is 1.51. The molecule has 0 radical (unpaired) electrons. The van der Waals surface area contributed by atoms with E-state index in [1.807, 2.05) is 0 Å². The van der Waals surface area contributed by atoms with E-state index in [9.17, 15) is 9.18 Å². The van der Waals surface area contributed by atoms with Crippen LogP contribution >= 0.6 is 11.6 Å². The van der Waals surface area contributed by atoms with Crippen LogP contribution in [-0.4, -0.2) is 15.7 Å². The standard InChI is InChI=1S/C11H10ClFN4O/c1-17-10(7(14)5-15-17)11(18)16-8-4-2-3-6(12)9(8)13/h2-5H,14H2,1H3,(H,16,18). The molecule has 3 N–H and O–H groups in total. The normalized spacial score (nSPS) is 10.4. The summed E-state index contributed by atoms with van der Waals surface area (Å²) in [5.41, 5.74) is 5.97. The van der Waals surface area contributed by atoms with Crippen molar-refractivity contribution in [1.82, 2.24) is 9.78 Å². The van der Waals surface area contributed by atoms with Crippen molar-refractivity contribution in [2.45, 2.75) is 0 Å². The number of nitrogens with one attached hydrogen (secondary N) is 1. The summed E-state index contributed by atoms with van der Waals surface area (Å²) in [4.78, 5) is 11.9. The van der Waals surface area contributed by atoms with Gasteiger partial charge >= 0.3 is 0 Å². The van der Waals surface area contributed by atoms with E-state index < -0.39 is 11.7 Å². The highest BCUT2D eigenvalue weighted by molar-refractivity contribution is 6.31. The van der Waals surface area contributed by atoms with E-state index in [0.717, 1.165) is 0 Å². The Hall–Kier alpha value is -2.08. The van der Waals surface area contributed by atoms with Crippen LogP contribution in [0, 0.1) is 5.82 Å². The molecule has 1 heterocycles. The molecule has 0 saturated carbocycles. The third kappa shape index (κ3) is 2.14. The summed E-state index contributed by atoms with van der Waals surface area (Å²) in [6.07, 6.45) is 1.35. The van der Waals surface area contributed by atoms with Gasteiger partial charge in [0.05, 0.1) is 22.6 Å². The number of anilines is 2. The molecular weight excluding hydrogens is 259 g/mol. The number of halogens is 2. The second-order valence-corrected chi connectivity index (χ2v) is 4.03. The number of hydrogen-bond donors (Lipinski definition) is 2. The molecule has 0 aliphatic rings. The van der Waals surface area contributed by atoms with Gasteiger partial charge in [0.2, 0.25) is 0 Å². The fraction of sp³-hybridized carbons (Fsp3) is 0.0909. The van der Waals surface area contributed by atoms with E-state index in [0.29, 0.717) is 0 Å². The average Bonchev–Trinajstić information content (AvgIpc) is 2.65. The summed E-state index contributed by atoms with van der Waals surface area (Å²) >= 11 is 5.62. The minimum absolute atomic E-state index is 0.00639. The van der Waals surface area contributed by atoms with E-state index in [2.05, 4.69) is 10.4 Å². The molecule has 5 nitrogen and oxygen atoms in total. The maximum Gasteiger partial charge on any atom is 0.276 e. The maximum absolute atomic E-state index is 13.6. The Morgan fingerprint density at radius 2 is 2.28 bits per heavy atom. The van der Waals surface area contributed by atoms with Gasteiger partial charge in [0.15, 0.2) is 5.82 Å². The Bertz CT molecular complexity index is 592. The number of aromatic nitrogens is 2. The lowest BCUT2D eigenvalue weighted by molar-refractivity contribution is 0.101. The summed E-state index contributed by atoms with van der Waals surface area (Å²) in [5, 5.41) is 6.16. The first-order valence-electron chi connectivity index (χ1n) is 5.03. The van der Waals surface area contributed by atoms with E-state index in [4.69, 9.17) is 17.3 Å². The zero-order valence-electron chi connectivity index (χ0n) is 9.45. The Balaban J connectivity index is 2.30. The number of carbonyl (C=O) groups excluding carboxylic acids is 1. The number of nitrogens with two attached hydrogens (primary N) is 1. The van der Waals surface area contributed by atoms with Gasteiger partial charge in [-0.1, -0.05) is 17.7 Å². The quantitative estimate of drug-likeness (QED) is 0.875. The number of nitrogen functional groups attached to an aromatic ring is 1. The van der Waals surface area contributed by atoms with E-state index >= 15 is 0 Å². The molecule has 2 aromatic rings. The number of rotatable bonds is 2. The SMILES string of the molecule is Cn1ncc(N)c1C(=O)Nc1cccc(Cl)c1F. The van der Waals surface area contributed by atoms with Crippen molar-refractivity contribution < 1.29 is 9.18 Å². The van der Waals surface area contributed by atoms with Gasteiger partial charge in [0.25, 0.3) is 5.91 Å². The maximum atomic E-state index is 13.6. The molecule has 0 aliphatic carbocycles. The lowest BCUT2D eigenvalue weighted by Crippen LogP contribution is -2.18. The monoisotopic (exact) mass is 268 g/mol. The molecule has 0 saturated heterocycles. The molecule has 0 aliphatic heterocycles. The van der Waals surface area contributed by atoms with E-state index in [1.54, 1.807) is 7.05 Å². The second-order valence-electron chi connectivity index (χ2n) is 3.63. The zero-order chi connectivity index (χ0) is 13.3. The molecule has 0 unspecified atom stereocenters. The third-order valence-corrected chi connectivity index (χ3v) is 2.67. The van der Waals surface area contributed by atoms with Crippen LogP contribution in [0.15, 0.2) is 24.4 Å². The highest BCUT2D eigenvalue weighted by Crippen LogP contribution is 2.23. The zero-order valence-corrected chi connectivity index (χ0v) is 10.2. The predicted octanol–water partition coefficient (Wildman–Crippen LogP) is 2.05. The molecule has 7 heteroatoms. The lowest BCUT2D eigenvalue weighted by atomic mass is 10.3. The van der Waals surface area contributed by atoms with Crippen LogP contribution in [-0.2, 0) is 7.05 Å². The third-order valence-electron chi connectivity index (χ3n) is 2.38. The second kappa shape index (κ2) is 4.66. The summed E-state index contributed by atoms with van der Waals surface area (Å²) in [7, 11) is 1.57. The van der Waals surface area contributed by atoms with E-state index in [1.165, 1.54) is 29.1 Å². The van der Waals surface area contributed by atoms with Crippen molar-refractivity contribution in [3.05, 3.63) is 40.9 Å². The number of aryl methyl sites for hydroxylation is 1. The number of carbonyl (C=O) groups is 1. The van der Waals surface area contributed by atoms with Crippen molar-refractivity contribution >= 4 is 28.9 Å². The van der Waals surface area contributed by atoms with Gasteiger partial charge in [-0.15, -0.1) is 0 Å². The lowest BCUT2D eigenvalue weighted by Gasteiger charge is -2.07. The molecule has 1 amide bonds. The number of hydrogen-bond acceptors (Lipinski definition) is 3. The van der Waals surface area contributed by atoms with Crippen LogP contribution in [0.3, 0.4) is 0 Å². The summed E-state index contributed by atoms with van der Waals surface area (Å²) < 4.78 is 14.9. The molecule has 2 rings (SSSR count). The van der Waals surface area contributed by atoms with Gasteiger partial charge in [0.1, 0.15) is 5.69 Å². The Morgan fingerprint density at radius 3 is 2.89 bits per heavy atom. The summed E-state index contributed by atoms with van der Waals surface area (Å²) in [5.74, 6) is -1.23. The summed E-state index contributed by atoms with van der Waals surface area (Å²) in [6.45, 7) is 0. The molecule has 0 fully saturated rings. The first-order valence-corrected chi connectivity index (χ1v) is 5.41. The highest BCUT2D eigenvalue weighted by atomic mass is 35.5. The number of benzene rings is 1. The van der Waals surface area contributed by atoms with Crippen LogP contribution in [0.25, 0.3) is 0 Å². The van der Waals surface area contributed by atoms with Crippen LogP contribution in [0.5, 0.6) is 0 Å². The molecular formula is C11H10ClFN4O. The van der Waals surface area contributed by atoms with Crippen molar-refractivity contribution in [2.75, 3.05) is 11.1 Å². The van der Waals surface area contributed by atoms with Crippen molar-refractivity contribution in [3.8, 4) is 0 Å². The predicted molar refractivity (Wildman–Crippen MR) is 67.0 cm³/mol. The van der Waals surface area contributed by atoms with Crippen LogP contribution in [0.2, 0.25) is 5.02 Å². The first-order chi connectivity index (χ1) is 8.50. The highest BCUT2D eigenvalue weighted by Gasteiger charge is 2.17. The fourth-order valence-corrected chi connectivity index (χ4v) is 1.69. The topological polar surface area (TPSA) is 72.9 Å². The first kappa shape index (κ1) is 12.4. The molecule has 0 bridgehead atoms. The average molecular weight is 269 g/mol. The van der Waals surface area contributed by atoms with Gasteiger partial charge < -0.3 is 11.1 Å². The number of amides is 1. The van der Waals surface area contributed by atoms with Gasteiger partial charge in [-0.25, -0.2) is 4.39 Å². The van der Waals surface area contributed by atoms with Crippen molar-refractivity contribution in [1.29, 1.82) is 0 Å². The smallest absolute Gasteiger partial charge is 0.276 e. The van der Waals surface area contributed by atoms with Crippen LogP contribution in [0.4, 0.5) is 15.8 Å². The Morgan fingerprint density at radius 1 is 1.56 bits per heavy atom. The van der Waals surface area contributed by atoms with Gasteiger partial charge in [-0.2, -0.15) is 5.10 Å². The molecule has 0 atom stereocenters. The minimum atomic E-state index is -0.687.